The number of rotatable bonds is 3. The standard InChI is InChI=1S/C20H18N6OS/c28-18-2-1-13(12-22-18)15-11-17(26-7-9-27-10-8-26)24-19-14(15)3-5-21-20(19)16-4-6-23-25-16/h1-6,11-12H,7-10H2,(H,22,28)(H,23,25). The van der Waals surface area contributed by atoms with Gasteiger partial charge in [-0.1, -0.05) is 12.2 Å². The number of pyridine rings is 3. The molecule has 1 saturated heterocycles. The van der Waals surface area contributed by atoms with Gasteiger partial charge in [0, 0.05) is 37.1 Å². The zero-order valence-electron chi connectivity index (χ0n) is 15.1. The highest BCUT2D eigenvalue weighted by atomic mass is 32.1. The molecule has 28 heavy (non-hydrogen) atoms. The molecule has 1 fully saturated rings. The Morgan fingerprint density at radius 2 is 1.96 bits per heavy atom. The third-order valence-corrected chi connectivity index (χ3v) is 5.15. The lowest BCUT2D eigenvalue weighted by Gasteiger charge is -2.28. The summed E-state index contributed by atoms with van der Waals surface area (Å²) in [6.45, 7) is 3.03. The lowest BCUT2D eigenvalue weighted by Crippen LogP contribution is -2.36. The van der Waals surface area contributed by atoms with E-state index in [0.717, 1.165) is 52.3 Å². The van der Waals surface area contributed by atoms with Gasteiger partial charge in [-0.25, -0.2) is 4.98 Å². The number of H-pyrrole nitrogens is 2. The maximum atomic E-state index is 5.51. The molecule has 0 radical (unpaired) electrons. The number of aromatic amines is 2. The minimum absolute atomic E-state index is 0.702. The number of ether oxygens (including phenoxy) is 1. The quantitative estimate of drug-likeness (QED) is 0.520. The Morgan fingerprint density at radius 3 is 2.71 bits per heavy atom. The number of hydrogen-bond acceptors (Lipinski definition) is 6. The van der Waals surface area contributed by atoms with E-state index >= 15 is 0 Å². The smallest absolute Gasteiger partial charge is 0.130 e. The molecule has 7 nitrogen and oxygen atoms in total. The van der Waals surface area contributed by atoms with E-state index in [2.05, 4.69) is 31.1 Å². The van der Waals surface area contributed by atoms with Crippen molar-refractivity contribution in [1.82, 2.24) is 25.1 Å². The molecule has 0 bridgehead atoms. The minimum Gasteiger partial charge on any atom is -0.378 e. The highest BCUT2D eigenvalue weighted by molar-refractivity contribution is 7.71. The van der Waals surface area contributed by atoms with E-state index in [4.69, 9.17) is 21.9 Å². The Morgan fingerprint density at radius 1 is 1.07 bits per heavy atom. The second-order valence-electron chi connectivity index (χ2n) is 6.60. The van der Waals surface area contributed by atoms with E-state index in [0.29, 0.717) is 17.9 Å². The van der Waals surface area contributed by atoms with Gasteiger partial charge in [-0.05, 0) is 41.5 Å². The van der Waals surface area contributed by atoms with Crippen molar-refractivity contribution in [2.24, 2.45) is 0 Å². The Balaban J connectivity index is 1.78. The maximum Gasteiger partial charge on any atom is 0.130 e. The molecule has 0 amide bonds. The van der Waals surface area contributed by atoms with Crippen LogP contribution >= 0.6 is 12.2 Å². The topological polar surface area (TPSA) is 82.7 Å². The van der Waals surface area contributed by atoms with Crippen LogP contribution in [0.2, 0.25) is 0 Å². The molecule has 8 heteroatoms. The summed E-state index contributed by atoms with van der Waals surface area (Å²) in [6, 6.07) is 9.98. The van der Waals surface area contributed by atoms with Crippen LogP contribution < -0.4 is 4.90 Å². The Labute approximate surface area is 166 Å². The van der Waals surface area contributed by atoms with E-state index in [1.54, 1.807) is 6.20 Å². The van der Waals surface area contributed by atoms with Crippen molar-refractivity contribution in [3.63, 3.8) is 0 Å². The summed E-state index contributed by atoms with van der Waals surface area (Å²) in [7, 11) is 0. The second-order valence-corrected chi connectivity index (χ2v) is 7.03. The summed E-state index contributed by atoms with van der Waals surface area (Å²) < 4.78 is 6.21. The highest BCUT2D eigenvalue weighted by Gasteiger charge is 2.18. The van der Waals surface area contributed by atoms with Crippen molar-refractivity contribution < 1.29 is 4.74 Å². The molecule has 2 N–H and O–H groups in total. The Bertz CT molecular complexity index is 1160. The molecule has 140 valence electrons. The molecule has 1 aliphatic heterocycles. The number of hydrogen-bond donors (Lipinski definition) is 2. The number of fused-ring (bicyclic) bond motifs is 1. The van der Waals surface area contributed by atoms with Crippen LogP contribution in [-0.2, 0) is 4.74 Å². The summed E-state index contributed by atoms with van der Waals surface area (Å²) in [6.07, 6.45) is 5.47. The largest absolute Gasteiger partial charge is 0.378 e. The molecular formula is C20H18N6OS. The molecule has 0 atom stereocenters. The average Bonchev–Trinajstić information content (AvgIpc) is 3.28. The normalized spacial score (nSPS) is 14.5. The number of nitrogens with one attached hydrogen (secondary N) is 2. The van der Waals surface area contributed by atoms with E-state index in [1.807, 2.05) is 36.7 Å². The van der Waals surface area contributed by atoms with Gasteiger partial charge < -0.3 is 14.6 Å². The second kappa shape index (κ2) is 7.14. The number of anilines is 1. The third-order valence-electron chi connectivity index (χ3n) is 4.90. The molecule has 0 aromatic carbocycles. The van der Waals surface area contributed by atoms with Crippen LogP contribution in [0.25, 0.3) is 33.4 Å². The molecule has 5 heterocycles. The van der Waals surface area contributed by atoms with Crippen molar-refractivity contribution in [2.75, 3.05) is 31.2 Å². The predicted octanol–water partition coefficient (Wildman–Crippen LogP) is 3.58. The molecule has 1 aliphatic rings. The molecule has 4 aromatic rings. The fourth-order valence-electron chi connectivity index (χ4n) is 3.49. The van der Waals surface area contributed by atoms with Crippen molar-refractivity contribution in [2.45, 2.75) is 0 Å². The average molecular weight is 390 g/mol. The van der Waals surface area contributed by atoms with Crippen LogP contribution in [0.4, 0.5) is 5.82 Å². The van der Waals surface area contributed by atoms with Crippen molar-refractivity contribution in [3.8, 4) is 22.5 Å². The highest BCUT2D eigenvalue weighted by Crippen LogP contribution is 2.34. The van der Waals surface area contributed by atoms with Gasteiger partial charge in [0.1, 0.15) is 21.7 Å². The van der Waals surface area contributed by atoms with Gasteiger partial charge in [0.05, 0.1) is 18.9 Å². The van der Waals surface area contributed by atoms with Crippen LogP contribution in [0.15, 0.2) is 48.9 Å². The monoisotopic (exact) mass is 390 g/mol. The van der Waals surface area contributed by atoms with E-state index in [1.165, 1.54) is 0 Å². The van der Waals surface area contributed by atoms with Crippen molar-refractivity contribution in [3.05, 3.63) is 53.6 Å². The lowest BCUT2D eigenvalue weighted by molar-refractivity contribution is 0.122. The lowest BCUT2D eigenvalue weighted by atomic mass is 10.0. The molecule has 5 rings (SSSR count). The summed E-state index contributed by atoms with van der Waals surface area (Å²) in [5.74, 6) is 0.919. The number of nitrogens with zero attached hydrogens (tertiary/aromatic N) is 4. The van der Waals surface area contributed by atoms with Gasteiger partial charge in [-0.3, -0.25) is 10.1 Å². The van der Waals surface area contributed by atoms with E-state index in [9.17, 15) is 0 Å². The van der Waals surface area contributed by atoms with Crippen molar-refractivity contribution in [1.29, 1.82) is 0 Å². The first-order valence-electron chi connectivity index (χ1n) is 9.11. The molecule has 0 aliphatic carbocycles. The Kier molecular flexibility index (Phi) is 4.34. The summed E-state index contributed by atoms with van der Waals surface area (Å²) >= 11 is 5.21. The van der Waals surface area contributed by atoms with Crippen molar-refractivity contribution >= 4 is 28.9 Å². The van der Waals surface area contributed by atoms with Gasteiger partial charge in [0.15, 0.2) is 0 Å². The van der Waals surface area contributed by atoms with Gasteiger partial charge in [0.2, 0.25) is 0 Å². The van der Waals surface area contributed by atoms with Gasteiger partial charge in [0.25, 0.3) is 0 Å². The van der Waals surface area contributed by atoms with Crippen LogP contribution in [0.5, 0.6) is 0 Å². The Hall–Kier alpha value is -3.10. The van der Waals surface area contributed by atoms with E-state index in [-0.39, 0.29) is 0 Å². The minimum atomic E-state index is 0.702. The van der Waals surface area contributed by atoms with Crippen LogP contribution in [0.3, 0.4) is 0 Å². The number of aromatic nitrogens is 5. The van der Waals surface area contributed by atoms with Gasteiger partial charge >= 0.3 is 0 Å². The van der Waals surface area contributed by atoms with E-state index < -0.39 is 0 Å². The van der Waals surface area contributed by atoms with Crippen LogP contribution in [0, 0.1) is 4.64 Å². The molecular weight excluding hydrogens is 372 g/mol. The molecule has 0 unspecified atom stereocenters. The summed E-state index contributed by atoms with van der Waals surface area (Å²) in [5.41, 5.74) is 4.61. The zero-order valence-corrected chi connectivity index (χ0v) is 15.9. The third kappa shape index (κ3) is 3.06. The maximum absolute atomic E-state index is 5.51. The van der Waals surface area contributed by atoms with Crippen LogP contribution in [-0.4, -0.2) is 51.5 Å². The van der Waals surface area contributed by atoms with Gasteiger partial charge in [-0.2, -0.15) is 5.10 Å². The fourth-order valence-corrected chi connectivity index (χ4v) is 3.62. The first-order chi connectivity index (χ1) is 13.8. The van der Waals surface area contributed by atoms with Gasteiger partial charge in [-0.15, -0.1) is 0 Å². The first kappa shape index (κ1) is 17.0. The molecule has 0 saturated carbocycles. The first-order valence-corrected chi connectivity index (χ1v) is 9.52. The number of morpholine rings is 1. The fraction of sp³-hybridized carbons (Fsp3) is 0.200. The SMILES string of the molecule is S=c1ccc(-c2cc(N3CCOCC3)nc3c(-c4ccn[nH]4)nccc23)c[nH]1. The molecule has 0 spiro atoms. The van der Waals surface area contributed by atoms with Crippen LogP contribution in [0.1, 0.15) is 0 Å². The summed E-state index contributed by atoms with van der Waals surface area (Å²) in [5, 5.41) is 8.11. The zero-order chi connectivity index (χ0) is 18.9. The molecule has 4 aromatic heterocycles. The summed E-state index contributed by atoms with van der Waals surface area (Å²) in [4.78, 5) is 15.0. The predicted molar refractivity (Wildman–Crippen MR) is 111 cm³/mol.